The average molecular weight is 281 g/mol. The Morgan fingerprint density at radius 1 is 1.15 bits per heavy atom. The second kappa shape index (κ2) is 7.99. The largest absolute Gasteiger partial charge is 0.353 e. The lowest BCUT2D eigenvalue weighted by Crippen LogP contribution is -2.47. The highest BCUT2D eigenvalue weighted by molar-refractivity contribution is 5.79. The Hall–Kier alpha value is -0.610. The molecule has 0 radical (unpaired) electrons. The maximum absolute atomic E-state index is 12.3. The normalized spacial score (nSPS) is 29.3. The summed E-state index contributed by atoms with van der Waals surface area (Å²) in [5.74, 6) is 0.497. The van der Waals surface area contributed by atoms with Crippen molar-refractivity contribution in [1.29, 1.82) is 0 Å². The lowest BCUT2D eigenvalue weighted by molar-refractivity contribution is -0.127. The Kier molecular flexibility index (Phi) is 6.30. The summed E-state index contributed by atoms with van der Waals surface area (Å²) < 4.78 is 0. The van der Waals surface area contributed by atoms with E-state index in [2.05, 4.69) is 17.1 Å². The molecule has 0 aromatic carbocycles. The Bertz CT molecular complexity index is 292. The van der Waals surface area contributed by atoms with E-state index in [1.807, 2.05) is 0 Å². The van der Waals surface area contributed by atoms with Gasteiger partial charge in [0.15, 0.2) is 0 Å². The Balaban J connectivity index is 1.66. The number of nitrogens with zero attached hydrogens (tertiary/aromatic N) is 1. The van der Waals surface area contributed by atoms with Gasteiger partial charge in [0.05, 0.1) is 0 Å². The summed E-state index contributed by atoms with van der Waals surface area (Å²) in [7, 11) is 0. The molecule has 0 aromatic heterocycles. The minimum atomic E-state index is 0.216. The van der Waals surface area contributed by atoms with E-state index in [4.69, 9.17) is 5.73 Å². The number of piperidine rings is 1. The molecule has 1 heterocycles. The maximum atomic E-state index is 12.3. The first-order valence-corrected chi connectivity index (χ1v) is 8.47. The van der Waals surface area contributed by atoms with Crippen molar-refractivity contribution in [2.45, 2.75) is 70.4 Å². The molecule has 4 nitrogen and oxygen atoms in total. The monoisotopic (exact) mass is 281 g/mol. The van der Waals surface area contributed by atoms with Crippen molar-refractivity contribution < 1.29 is 4.79 Å². The Morgan fingerprint density at radius 3 is 2.40 bits per heavy atom. The summed E-state index contributed by atoms with van der Waals surface area (Å²) in [5, 5.41) is 3.27. The summed E-state index contributed by atoms with van der Waals surface area (Å²) in [5.41, 5.74) is 5.90. The molecule has 0 atom stereocenters. The molecule has 2 rings (SSSR count). The van der Waals surface area contributed by atoms with Crippen LogP contribution in [0.15, 0.2) is 0 Å². The molecule has 1 aliphatic carbocycles. The molecule has 1 amide bonds. The van der Waals surface area contributed by atoms with E-state index in [0.29, 0.717) is 12.1 Å². The lowest BCUT2D eigenvalue weighted by atomic mass is 9.85. The minimum absolute atomic E-state index is 0.216. The van der Waals surface area contributed by atoms with Crippen LogP contribution >= 0.6 is 0 Å². The molecule has 116 valence electrons. The first-order valence-electron chi connectivity index (χ1n) is 8.47. The van der Waals surface area contributed by atoms with E-state index < -0.39 is 0 Å². The number of likely N-dealkylation sites (tertiary alicyclic amines) is 1. The van der Waals surface area contributed by atoms with E-state index in [9.17, 15) is 4.79 Å². The van der Waals surface area contributed by atoms with Crippen molar-refractivity contribution in [2.24, 2.45) is 11.7 Å². The van der Waals surface area contributed by atoms with Crippen LogP contribution in [0.5, 0.6) is 0 Å². The van der Waals surface area contributed by atoms with Crippen LogP contribution in [0.25, 0.3) is 0 Å². The van der Waals surface area contributed by atoms with E-state index >= 15 is 0 Å². The number of hydrogen-bond acceptors (Lipinski definition) is 3. The van der Waals surface area contributed by atoms with Crippen LogP contribution < -0.4 is 11.1 Å². The van der Waals surface area contributed by atoms with Crippen molar-refractivity contribution in [3.63, 3.8) is 0 Å². The Labute approximate surface area is 123 Å². The highest BCUT2D eigenvalue weighted by atomic mass is 16.1. The van der Waals surface area contributed by atoms with Crippen molar-refractivity contribution >= 4 is 5.91 Å². The van der Waals surface area contributed by atoms with Crippen LogP contribution in [0.1, 0.15) is 58.3 Å². The summed E-state index contributed by atoms with van der Waals surface area (Å²) in [4.78, 5) is 14.8. The number of amides is 1. The summed E-state index contributed by atoms with van der Waals surface area (Å²) >= 11 is 0. The van der Waals surface area contributed by atoms with Crippen molar-refractivity contribution in [2.75, 3.05) is 19.6 Å². The van der Waals surface area contributed by atoms with Crippen molar-refractivity contribution in [3.8, 4) is 0 Å². The molecule has 0 bridgehead atoms. The van der Waals surface area contributed by atoms with Gasteiger partial charge < -0.3 is 16.0 Å². The van der Waals surface area contributed by atoms with Gasteiger partial charge in [-0.15, -0.1) is 0 Å². The van der Waals surface area contributed by atoms with Crippen molar-refractivity contribution in [1.82, 2.24) is 10.2 Å². The molecule has 2 fully saturated rings. The smallest absolute Gasteiger partial charge is 0.223 e. The molecule has 0 aromatic rings. The molecule has 20 heavy (non-hydrogen) atoms. The topological polar surface area (TPSA) is 58.4 Å². The van der Waals surface area contributed by atoms with Gasteiger partial charge in [-0.05, 0) is 51.5 Å². The SMILES string of the molecule is CCCCN1CCC(NC(=O)C2CCC(N)CC2)CC1. The molecule has 0 spiro atoms. The second-order valence-corrected chi connectivity index (χ2v) is 6.59. The van der Waals surface area contributed by atoms with Gasteiger partial charge in [0, 0.05) is 31.1 Å². The fraction of sp³-hybridized carbons (Fsp3) is 0.938. The van der Waals surface area contributed by atoms with Crippen LogP contribution in [0.3, 0.4) is 0 Å². The first kappa shape index (κ1) is 15.8. The van der Waals surface area contributed by atoms with Crippen LogP contribution in [0.4, 0.5) is 0 Å². The third-order valence-electron chi connectivity index (χ3n) is 4.90. The number of nitrogens with two attached hydrogens (primary N) is 1. The third kappa shape index (κ3) is 4.74. The zero-order valence-corrected chi connectivity index (χ0v) is 12.9. The highest BCUT2D eigenvalue weighted by Crippen LogP contribution is 2.23. The first-order chi connectivity index (χ1) is 9.69. The lowest BCUT2D eigenvalue weighted by Gasteiger charge is -2.33. The molecule has 1 aliphatic heterocycles. The Morgan fingerprint density at radius 2 is 1.80 bits per heavy atom. The fourth-order valence-electron chi connectivity index (χ4n) is 3.38. The zero-order valence-electron chi connectivity index (χ0n) is 12.9. The molecule has 1 saturated heterocycles. The minimum Gasteiger partial charge on any atom is -0.353 e. The number of hydrogen-bond donors (Lipinski definition) is 2. The van der Waals surface area contributed by atoms with Gasteiger partial charge in [-0.1, -0.05) is 13.3 Å². The number of unbranched alkanes of at least 4 members (excludes halogenated alkanes) is 1. The number of rotatable bonds is 5. The van der Waals surface area contributed by atoms with E-state index in [0.717, 1.165) is 51.6 Å². The van der Waals surface area contributed by atoms with Gasteiger partial charge in [0.2, 0.25) is 5.91 Å². The van der Waals surface area contributed by atoms with E-state index in [1.165, 1.54) is 19.4 Å². The van der Waals surface area contributed by atoms with Gasteiger partial charge in [-0.25, -0.2) is 0 Å². The van der Waals surface area contributed by atoms with Crippen LogP contribution in [0.2, 0.25) is 0 Å². The van der Waals surface area contributed by atoms with E-state index in [-0.39, 0.29) is 11.8 Å². The molecule has 2 aliphatic rings. The highest BCUT2D eigenvalue weighted by Gasteiger charge is 2.27. The van der Waals surface area contributed by atoms with Crippen molar-refractivity contribution in [3.05, 3.63) is 0 Å². The molecule has 4 heteroatoms. The average Bonchev–Trinajstić information content (AvgIpc) is 2.47. The maximum Gasteiger partial charge on any atom is 0.223 e. The number of carbonyl (C=O) groups is 1. The molecule has 1 saturated carbocycles. The number of nitrogens with one attached hydrogen (secondary N) is 1. The standard InChI is InChI=1S/C16H31N3O/c1-2-3-10-19-11-8-15(9-12-19)18-16(20)13-4-6-14(17)7-5-13/h13-15H,2-12,17H2,1H3,(H,18,20). The molecule has 0 unspecified atom stereocenters. The molecular weight excluding hydrogens is 250 g/mol. The van der Waals surface area contributed by atoms with Crippen LogP contribution in [-0.4, -0.2) is 42.5 Å². The third-order valence-corrected chi connectivity index (χ3v) is 4.90. The predicted octanol–water partition coefficient (Wildman–Crippen LogP) is 1.88. The van der Waals surface area contributed by atoms with Crippen LogP contribution in [0, 0.1) is 5.92 Å². The van der Waals surface area contributed by atoms with E-state index in [1.54, 1.807) is 0 Å². The summed E-state index contributed by atoms with van der Waals surface area (Å²) in [6.07, 6.45) is 8.75. The van der Waals surface area contributed by atoms with Gasteiger partial charge in [0.1, 0.15) is 0 Å². The fourth-order valence-corrected chi connectivity index (χ4v) is 3.38. The quantitative estimate of drug-likeness (QED) is 0.809. The zero-order chi connectivity index (χ0) is 14.4. The van der Waals surface area contributed by atoms with Gasteiger partial charge >= 0.3 is 0 Å². The van der Waals surface area contributed by atoms with Crippen LogP contribution in [-0.2, 0) is 4.79 Å². The van der Waals surface area contributed by atoms with Gasteiger partial charge in [-0.2, -0.15) is 0 Å². The molecule has 3 N–H and O–H groups in total. The number of carbonyl (C=O) groups excluding carboxylic acids is 1. The van der Waals surface area contributed by atoms with Gasteiger partial charge in [-0.3, -0.25) is 4.79 Å². The molecular formula is C16H31N3O. The summed E-state index contributed by atoms with van der Waals surface area (Å²) in [6, 6.07) is 0.719. The predicted molar refractivity (Wildman–Crippen MR) is 82.4 cm³/mol. The second-order valence-electron chi connectivity index (χ2n) is 6.59. The summed E-state index contributed by atoms with van der Waals surface area (Å²) in [6.45, 7) is 5.74. The van der Waals surface area contributed by atoms with Gasteiger partial charge in [0.25, 0.3) is 0 Å².